The first kappa shape index (κ1) is 21.0. The topological polar surface area (TPSA) is 119 Å². The van der Waals surface area contributed by atoms with E-state index >= 15 is 0 Å². The van der Waals surface area contributed by atoms with Gasteiger partial charge in [-0.1, -0.05) is 12.1 Å². The molecule has 1 fully saturated rings. The average molecular weight is 421 g/mol. The lowest BCUT2D eigenvalue weighted by Gasteiger charge is -2.29. The van der Waals surface area contributed by atoms with Gasteiger partial charge in [-0.25, -0.2) is 13.2 Å². The van der Waals surface area contributed by atoms with E-state index in [2.05, 4.69) is 17.4 Å². The lowest BCUT2D eigenvalue weighted by Crippen LogP contribution is -2.37. The Bertz CT molecular complexity index is 976. The van der Waals surface area contributed by atoms with Crippen molar-refractivity contribution in [1.82, 2.24) is 9.46 Å². The third-order valence-electron chi connectivity index (χ3n) is 4.70. The number of sulfonamides is 1. The second-order valence-electron chi connectivity index (χ2n) is 7.06. The first-order valence-corrected chi connectivity index (χ1v) is 10.7. The third kappa shape index (κ3) is 5.21. The molecule has 0 atom stereocenters. The van der Waals surface area contributed by atoms with Gasteiger partial charge in [0.2, 0.25) is 10.0 Å². The van der Waals surface area contributed by atoms with Crippen molar-refractivity contribution in [2.24, 2.45) is 5.92 Å². The molecule has 29 heavy (non-hydrogen) atoms. The van der Waals surface area contributed by atoms with E-state index in [9.17, 15) is 18.0 Å². The minimum Gasteiger partial charge on any atom is -0.452 e. The van der Waals surface area contributed by atoms with E-state index in [4.69, 9.17) is 9.26 Å². The molecule has 10 heteroatoms. The number of ether oxygens (including phenoxy) is 1. The third-order valence-corrected chi connectivity index (χ3v) is 6.61. The van der Waals surface area contributed by atoms with E-state index in [0.29, 0.717) is 24.8 Å². The van der Waals surface area contributed by atoms with Crippen LogP contribution in [0.4, 0.5) is 5.82 Å². The Morgan fingerprint density at radius 1 is 1.24 bits per heavy atom. The van der Waals surface area contributed by atoms with Crippen molar-refractivity contribution in [3.63, 3.8) is 0 Å². The van der Waals surface area contributed by atoms with Crippen LogP contribution in [0.1, 0.15) is 35.9 Å². The molecule has 1 aliphatic heterocycles. The number of anilines is 1. The molecule has 2 heterocycles. The quantitative estimate of drug-likeness (QED) is 0.710. The number of carbonyl (C=O) groups is 2. The van der Waals surface area contributed by atoms with E-state index in [1.54, 1.807) is 6.92 Å². The molecule has 1 aromatic heterocycles. The number of rotatable bonds is 6. The monoisotopic (exact) mass is 421 g/mol. The Morgan fingerprint density at radius 3 is 2.48 bits per heavy atom. The van der Waals surface area contributed by atoms with Crippen LogP contribution in [0.2, 0.25) is 0 Å². The van der Waals surface area contributed by atoms with Crippen LogP contribution in [0.15, 0.2) is 39.8 Å². The minimum atomic E-state index is -3.58. The molecule has 1 aliphatic rings. The predicted molar refractivity (Wildman–Crippen MR) is 104 cm³/mol. The van der Waals surface area contributed by atoms with Crippen molar-refractivity contribution in [3.05, 3.63) is 41.7 Å². The lowest BCUT2D eigenvalue weighted by atomic mass is 10.0. The molecule has 0 radical (unpaired) electrons. The molecule has 0 spiro atoms. The number of carbonyl (C=O) groups excluding carboxylic acids is 2. The van der Waals surface area contributed by atoms with Crippen molar-refractivity contribution in [1.29, 1.82) is 0 Å². The van der Waals surface area contributed by atoms with Crippen molar-refractivity contribution in [3.8, 4) is 0 Å². The van der Waals surface area contributed by atoms with Crippen LogP contribution in [0.3, 0.4) is 0 Å². The Kier molecular flexibility index (Phi) is 6.33. The van der Waals surface area contributed by atoms with Crippen LogP contribution >= 0.6 is 0 Å². The summed E-state index contributed by atoms with van der Waals surface area (Å²) in [6, 6.07) is 7.04. The second-order valence-corrected chi connectivity index (χ2v) is 9.00. The summed E-state index contributed by atoms with van der Waals surface area (Å²) in [7, 11) is -3.58. The molecule has 1 aromatic carbocycles. The van der Waals surface area contributed by atoms with Crippen LogP contribution in [0.5, 0.6) is 0 Å². The summed E-state index contributed by atoms with van der Waals surface area (Å²) in [5.41, 5.74) is 0.154. The molecule has 9 nitrogen and oxygen atoms in total. The summed E-state index contributed by atoms with van der Waals surface area (Å²) in [4.78, 5) is 24.0. The van der Waals surface area contributed by atoms with Gasteiger partial charge in [0.25, 0.3) is 5.91 Å². The van der Waals surface area contributed by atoms with E-state index in [0.717, 1.165) is 12.8 Å². The maximum absolute atomic E-state index is 12.7. The molecule has 1 saturated heterocycles. The Morgan fingerprint density at radius 2 is 1.90 bits per heavy atom. The summed E-state index contributed by atoms with van der Waals surface area (Å²) in [5.74, 6) is -0.0156. The van der Waals surface area contributed by atoms with Gasteiger partial charge in [0, 0.05) is 19.2 Å². The fourth-order valence-electron chi connectivity index (χ4n) is 2.96. The van der Waals surface area contributed by atoms with Gasteiger partial charge < -0.3 is 14.6 Å². The number of hydrogen-bond donors (Lipinski definition) is 1. The molecule has 3 rings (SSSR count). The van der Waals surface area contributed by atoms with Gasteiger partial charge in [-0.15, -0.1) is 0 Å². The zero-order valence-corrected chi connectivity index (χ0v) is 17.1. The Hall–Kier alpha value is -2.72. The molecule has 156 valence electrons. The Balaban J connectivity index is 1.56. The van der Waals surface area contributed by atoms with E-state index in [1.807, 2.05) is 0 Å². The van der Waals surface area contributed by atoms with Gasteiger partial charge in [-0.2, -0.15) is 4.31 Å². The van der Waals surface area contributed by atoms with Gasteiger partial charge in [0.05, 0.1) is 10.5 Å². The lowest BCUT2D eigenvalue weighted by molar-refractivity contribution is -0.119. The van der Waals surface area contributed by atoms with Crippen LogP contribution < -0.4 is 5.32 Å². The molecule has 2 aromatic rings. The number of amides is 1. The Labute approximate surface area is 169 Å². The van der Waals surface area contributed by atoms with Gasteiger partial charge in [-0.3, -0.25) is 4.79 Å². The van der Waals surface area contributed by atoms with Gasteiger partial charge in [-0.05, 0) is 49.9 Å². The zero-order valence-electron chi connectivity index (χ0n) is 16.3. The van der Waals surface area contributed by atoms with Crippen LogP contribution in [0.25, 0.3) is 0 Å². The van der Waals surface area contributed by atoms with Crippen LogP contribution in [0, 0.1) is 12.8 Å². The van der Waals surface area contributed by atoms with Gasteiger partial charge in [0.15, 0.2) is 12.4 Å². The van der Waals surface area contributed by atoms with Crippen molar-refractivity contribution >= 4 is 27.7 Å². The predicted octanol–water partition coefficient (Wildman–Crippen LogP) is 2.20. The number of piperidine rings is 1. The number of aryl methyl sites for hydroxylation is 1. The smallest absolute Gasteiger partial charge is 0.338 e. The normalized spacial score (nSPS) is 15.8. The standard InChI is InChI=1S/C19H23N3O6S/c1-13-7-9-22(10-8-13)29(25,26)16-5-3-15(4-6-16)19(24)27-12-18(23)20-17-11-14(2)28-21-17/h3-6,11,13H,7-10,12H2,1-2H3,(H,20,21,23). The molecular weight excluding hydrogens is 398 g/mol. The summed E-state index contributed by atoms with van der Waals surface area (Å²) in [6.45, 7) is 4.27. The summed E-state index contributed by atoms with van der Waals surface area (Å²) < 4.78 is 36.7. The average Bonchev–Trinajstić information content (AvgIpc) is 3.11. The highest BCUT2D eigenvalue weighted by atomic mass is 32.2. The van der Waals surface area contributed by atoms with Crippen molar-refractivity contribution in [2.45, 2.75) is 31.6 Å². The largest absolute Gasteiger partial charge is 0.452 e. The minimum absolute atomic E-state index is 0.128. The van der Waals surface area contributed by atoms with E-state index < -0.39 is 28.5 Å². The number of esters is 1. The number of nitrogens with zero attached hydrogens (tertiary/aromatic N) is 2. The molecule has 0 aliphatic carbocycles. The molecule has 1 amide bonds. The van der Waals surface area contributed by atoms with Gasteiger partial charge in [0.1, 0.15) is 5.76 Å². The fourth-order valence-corrected chi connectivity index (χ4v) is 4.43. The summed E-state index contributed by atoms with van der Waals surface area (Å²) >= 11 is 0. The van der Waals surface area contributed by atoms with E-state index in [1.165, 1.54) is 34.6 Å². The number of hydrogen-bond acceptors (Lipinski definition) is 7. The van der Waals surface area contributed by atoms with Crippen molar-refractivity contribution in [2.75, 3.05) is 25.0 Å². The number of aromatic nitrogens is 1. The SMILES string of the molecule is Cc1cc(NC(=O)COC(=O)c2ccc(S(=O)(=O)N3CCC(C)CC3)cc2)no1. The number of benzene rings is 1. The summed E-state index contributed by atoms with van der Waals surface area (Å²) in [6.07, 6.45) is 1.67. The van der Waals surface area contributed by atoms with Crippen LogP contribution in [-0.4, -0.2) is 49.5 Å². The highest BCUT2D eigenvalue weighted by molar-refractivity contribution is 7.89. The van der Waals surface area contributed by atoms with Crippen molar-refractivity contribution < 1.29 is 27.3 Å². The molecule has 0 unspecified atom stereocenters. The zero-order chi connectivity index (χ0) is 21.0. The first-order chi connectivity index (χ1) is 13.8. The molecule has 0 bridgehead atoms. The van der Waals surface area contributed by atoms with E-state index in [-0.39, 0.29) is 16.3 Å². The fraction of sp³-hybridized carbons (Fsp3) is 0.421. The van der Waals surface area contributed by atoms with Gasteiger partial charge >= 0.3 is 5.97 Å². The second kappa shape index (κ2) is 8.75. The molecule has 0 saturated carbocycles. The first-order valence-electron chi connectivity index (χ1n) is 9.26. The molecular formula is C19H23N3O6S. The maximum Gasteiger partial charge on any atom is 0.338 e. The highest BCUT2D eigenvalue weighted by Gasteiger charge is 2.28. The summed E-state index contributed by atoms with van der Waals surface area (Å²) in [5, 5.41) is 6.04. The number of nitrogens with one attached hydrogen (secondary N) is 1. The highest BCUT2D eigenvalue weighted by Crippen LogP contribution is 2.23. The van der Waals surface area contributed by atoms with Crippen LogP contribution in [-0.2, 0) is 19.6 Å². The maximum atomic E-state index is 12.7. The molecule has 1 N–H and O–H groups in total.